The van der Waals surface area contributed by atoms with E-state index in [0.717, 1.165) is 0 Å². The first kappa shape index (κ1) is 14.8. The Bertz CT molecular complexity index is 619. The van der Waals surface area contributed by atoms with Gasteiger partial charge in [-0.2, -0.15) is 0 Å². The first-order chi connectivity index (χ1) is 10.1. The third kappa shape index (κ3) is 4.77. The zero-order valence-corrected chi connectivity index (χ0v) is 11.3. The van der Waals surface area contributed by atoms with E-state index in [4.69, 9.17) is 4.74 Å². The summed E-state index contributed by atoms with van der Waals surface area (Å²) in [5, 5.41) is 12.3. The molecule has 0 bridgehead atoms. The standard InChI is InChI=1S/C15H16N2O4/c18-12(10-21-13-4-2-1-3-5-13)9-17-15(20)11-6-7-14(19)16-8-11/h1-8,12,18H,9-10H2,(H,16,19)(H,17,20)/t12-/m1/s1. The maximum Gasteiger partial charge on any atom is 0.252 e. The van der Waals surface area contributed by atoms with Gasteiger partial charge in [-0.25, -0.2) is 0 Å². The van der Waals surface area contributed by atoms with Gasteiger partial charge in [0.2, 0.25) is 5.56 Å². The average molecular weight is 288 g/mol. The highest BCUT2D eigenvalue weighted by Gasteiger charge is 2.09. The molecule has 0 fully saturated rings. The van der Waals surface area contributed by atoms with Crippen LogP contribution in [0, 0.1) is 0 Å². The molecule has 1 aromatic carbocycles. The van der Waals surface area contributed by atoms with Gasteiger partial charge in [-0.15, -0.1) is 0 Å². The van der Waals surface area contributed by atoms with Crippen LogP contribution in [0.2, 0.25) is 0 Å². The Morgan fingerprint density at radius 3 is 2.67 bits per heavy atom. The second-order valence-corrected chi connectivity index (χ2v) is 4.43. The second kappa shape index (κ2) is 7.25. The van der Waals surface area contributed by atoms with E-state index in [2.05, 4.69) is 10.3 Å². The molecule has 6 nitrogen and oxygen atoms in total. The molecule has 0 saturated carbocycles. The van der Waals surface area contributed by atoms with Gasteiger partial charge >= 0.3 is 0 Å². The van der Waals surface area contributed by atoms with Crippen molar-refractivity contribution in [1.82, 2.24) is 10.3 Å². The minimum absolute atomic E-state index is 0.0603. The lowest BCUT2D eigenvalue weighted by molar-refractivity contribution is 0.0843. The maximum atomic E-state index is 11.7. The van der Waals surface area contributed by atoms with Crippen molar-refractivity contribution in [1.29, 1.82) is 0 Å². The molecule has 0 aliphatic carbocycles. The number of ether oxygens (including phenoxy) is 1. The van der Waals surface area contributed by atoms with Crippen LogP contribution in [0.5, 0.6) is 5.75 Å². The van der Waals surface area contributed by atoms with Crippen LogP contribution in [0.15, 0.2) is 53.5 Å². The van der Waals surface area contributed by atoms with Gasteiger partial charge in [0.05, 0.1) is 5.56 Å². The van der Waals surface area contributed by atoms with Crippen LogP contribution >= 0.6 is 0 Å². The Balaban J connectivity index is 1.76. The van der Waals surface area contributed by atoms with Crippen molar-refractivity contribution < 1.29 is 14.6 Å². The number of amides is 1. The van der Waals surface area contributed by atoms with Crippen LogP contribution in [-0.2, 0) is 0 Å². The molecule has 0 radical (unpaired) electrons. The third-order valence-electron chi connectivity index (χ3n) is 2.73. The van der Waals surface area contributed by atoms with E-state index in [-0.39, 0.29) is 24.6 Å². The van der Waals surface area contributed by atoms with Gasteiger partial charge < -0.3 is 20.1 Å². The molecule has 1 atom stereocenters. The van der Waals surface area contributed by atoms with Gasteiger partial charge in [0.1, 0.15) is 18.5 Å². The van der Waals surface area contributed by atoms with Crippen molar-refractivity contribution in [3.05, 3.63) is 64.6 Å². The summed E-state index contributed by atoms with van der Waals surface area (Å²) in [5.41, 5.74) is 0.0497. The Morgan fingerprint density at radius 2 is 2.00 bits per heavy atom. The molecular weight excluding hydrogens is 272 g/mol. The molecule has 3 N–H and O–H groups in total. The number of aliphatic hydroxyl groups is 1. The summed E-state index contributed by atoms with van der Waals surface area (Å²) in [6.45, 7) is 0.140. The fourth-order valence-corrected chi connectivity index (χ4v) is 1.63. The van der Waals surface area contributed by atoms with E-state index in [0.29, 0.717) is 11.3 Å². The quantitative estimate of drug-likeness (QED) is 0.723. The van der Waals surface area contributed by atoms with Gasteiger partial charge in [-0.1, -0.05) is 18.2 Å². The molecule has 1 heterocycles. The number of carbonyl (C=O) groups excluding carboxylic acids is 1. The summed E-state index contributed by atoms with van der Waals surface area (Å²) >= 11 is 0. The van der Waals surface area contributed by atoms with Crippen molar-refractivity contribution in [2.75, 3.05) is 13.2 Å². The van der Waals surface area contributed by atoms with Crippen LogP contribution in [0.1, 0.15) is 10.4 Å². The number of rotatable bonds is 6. The lowest BCUT2D eigenvalue weighted by Crippen LogP contribution is -2.35. The second-order valence-electron chi connectivity index (χ2n) is 4.43. The number of hydrogen-bond acceptors (Lipinski definition) is 4. The number of benzene rings is 1. The van der Waals surface area contributed by atoms with Crippen LogP contribution in [0.25, 0.3) is 0 Å². The van der Waals surface area contributed by atoms with Gasteiger partial charge in [0.25, 0.3) is 5.91 Å². The van der Waals surface area contributed by atoms with Gasteiger partial charge in [0, 0.05) is 18.8 Å². The van der Waals surface area contributed by atoms with E-state index in [1.165, 1.54) is 18.3 Å². The zero-order chi connectivity index (χ0) is 15.1. The molecule has 0 unspecified atom stereocenters. The van der Waals surface area contributed by atoms with Crippen LogP contribution in [-0.4, -0.2) is 35.3 Å². The summed E-state index contributed by atoms with van der Waals surface area (Å²) < 4.78 is 5.37. The number of H-pyrrole nitrogens is 1. The molecule has 0 spiro atoms. The van der Waals surface area contributed by atoms with Crippen molar-refractivity contribution >= 4 is 5.91 Å². The van der Waals surface area contributed by atoms with Gasteiger partial charge in [-0.05, 0) is 18.2 Å². The predicted octanol–water partition coefficient (Wildman–Crippen LogP) is 0.545. The van der Waals surface area contributed by atoms with E-state index in [1.807, 2.05) is 18.2 Å². The summed E-state index contributed by atoms with van der Waals surface area (Å²) in [6, 6.07) is 11.8. The number of aliphatic hydroxyl groups excluding tert-OH is 1. The van der Waals surface area contributed by atoms with Gasteiger partial charge in [-0.3, -0.25) is 9.59 Å². The highest BCUT2D eigenvalue weighted by molar-refractivity contribution is 5.93. The minimum Gasteiger partial charge on any atom is -0.491 e. The highest BCUT2D eigenvalue weighted by Crippen LogP contribution is 2.08. The number of hydrogen-bond donors (Lipinski definition) is 3. The largest absolute Gasteiger partial charge is 0.491 e. The zero-order valence-electron chi connectivity index (χ0n) is 11.3. The number of pyridine rings is 1. The predicted molar refractivity (Wildman–Crippen MR) is 77.3 cm³/mol. The van der Waals surface area contributed by atoms with E-state index < -0.39 is 6.10 Å². The molecule has 2 rings (SSSR count). The number of nitrogens with one attached hydrogen (secondary N) is 2. The Morgan fingerprint density at radius 1 is 1.24 bits per heavy atom. The number of aromatic nitrogens is 1. The molecule has 21 heavy (non-hydrogen) atoms. The SMILES string of the molecule is O=C(NC[C@@H](O)COc1ccccc1)c1ccc(=O)[nH]c1. The summed E-state index contributed by atoms with van der Waals surface area (Å²) in [5.74, 6) is 0.286. The lowest BCUT2D eigenvalue weighted by Gasteiger charge is -2.13. The summed E-state index contributed by atoms with van der Waals surface area (Å²) in [6.07, 6.45) is 0.502. The number of aromatic amines is 1. The molecule has 1 aromatic heterocycles. The number of para-hydroxylation sites is 1. The van der Waals surface area contributed by atoms with Crippen molar-refractivity contribution in [3.8, 4) is 5.75 Å². The summed E-state index contributed by atoms with van der Waals surface area (Å²) in [4.78, 5) is 25.0. The maximum absolute atomic E-state index is 11.7. The molecular formula is C15H16N2O4. The summed E-state index contributed by atoms with van der Waals surface area (Å²) in [7, 11) is 0. The molecule has 2 aromatic rings. The van der Waals surface area contributed by atoms with E-state index in [1.54, 1.807) is 12.1 Å². The molecule has 110 valence electrons. The molecule has 6 heteroatoms. The molecule has 1 amide bonds. The third-order valence-corrected chi connectivity index (χ3v) is 2.73. The molecule has 0 aliphatic heterocycles. The monoisotopic (exact) mass is 288 g/mol. The fourth-order valence-electron chi connectivity index (χ4n) is 1.63. The lowest BCUT2D eigenvalue weighted by atomic mass is 10.2. The molecule has 0 saturated heterocycles. The first-order valence-corrected chi connectivity index (χ1v) is 6.48. The normalized spacial score (nSPS) is 11.7. The Hall–Kier alpha value is -2.60. The van der Waals surface area contributed by atoms with Crippen molar-refractivity contribution in [2.24, 2.45) is 0 Å². The van der Waals surface area contributed by atoms with Crippen LogP contribution in [0.4, 0.5) is 0 Å². The fraction of sp³-hybridized carbons (Fsp3) is 0.200. The van der Waals surface area contributed by atoms with E-state index in [9.17, 15) is 14.7 Å². The van der Waals surface area contributed by atoms with Crippen molar-refractivity contribution in [3.63, 3.8) is 0 Å². The topological polar surface area (TPSA) is 91.4 Å². The Kier molecular flexibility index (Phi) is 5.11. The minimum atomic E-state index is -0.822. The van der Waals surface area contributed by atoms with Crippen LogP contribution in [0.3, 0.4) is 0 Å². The smallest absolute Gasteiger partial charge is 0.252 e. The Labute approximate surface area is 121 Å². The van der Waals surface area contributed by atoms with Crippen molar-refractivity contribution in [2.45, 2.75) is 6.10 Å². The van der Waals surface area contributed by atoms with Crippen LogP contribution < -0.4 is 15.6 Å². The van der Waals surface area contributed by atoms with E-state index >= 15 is 0 Å². The highest BCUT2D eigenvalue weighted by atomic mass is 16.5. The van der Waals surface area contributed by atoms with Gasteiger partial charge in [0.15, 0.2) is 0 Å². The number of carbonyl (C=O) groups is 1. The average Bonchev–Trinajstić information content (AvgIpc) is 2.52. The molecule has 0 aliphatic rings. The first-order valence-electron chi connectivity index (χ1n) is 6.48.